The van der Waals surface area contributed by atoms with Gasteiger partial charge in [-0.1, -0.05) is 36.4 Å². The Balaban J connectivity index is 1.40. The van der Waals surface area contributed by atoms with Crippen LogP contribution in [0.3, 0.4) is 0 Å². The second-order valence-corrected chi connectivity index (χ2v) is 7.15. The second-order valence-electron chi connectivity index (χ2n) is 7.15. The van der Waals surface area contributed by atoms with Gasteiger partial charge >= 0.3 is 5.97 Å². The van der Waals surface area contributed by atoms with E-state index in [1.54, 1.807) is 12.3 Å². The van der Waals surface area contributed by atoms with Crippen molar-refractivity contribution in [1.82, 2.24) is 9.97 Å². The summed E-state index contributed by atoms with van der Waals surface area (Å²) < 4.78 is 17.2. The number of aliphatic carboxylic acids is 1. The summed E-state index contributed by atoms with van der Waals surface area (Å²) in [6.07, 6.45) is 1.71. The van der Waals surface area contributed by atoms with Crippen LogP contribution in [0.2, 0.25) is 0 Å². The number of aromatic nitrogens is 2. The lowest BCUT2D eigenvalue weighted by atomic mass is 10.1. The second kappa shape index (κ2) is 9.78. The van der Waals surface area contributed by atoms with Gasteiger partial charge in [0.05, 0.1) is 22.9 Å². The van der Waals surface area contributed by atoms with Crippen molar-refractivity contribution in [2.75, 3.05) is 6.61 Å². The van der Waals surface area contributed by atoms with Crippen LogP contribution >= 0.6 is 0 Å². The van der Waals surface area contributed by atoms with Gasteiger partial charge in [0.15, 0.2) is 6.61 Å². The zero-order chi connectivity index (χ0) is 22.3. The van der Waals surface area contributed by atoms with Crippen LogP contribution in [0, 0.1) is 6.92 Å². The van der Waals surface area contributed by atoms with Crippen LogP contribution in [-0.2, 0) is 18.0 Å². The summed E-state index contributed by atoms with van der Waals surface area (Å²) in [5, 5.41) is 8.90. The lowest BCUT2D eigenvalue weighted by Crippen LogP contribution is -2.12. The molecule has 1 N–H and O–H groups in total. The summed E-state index contributed by atoms with van der Waals surface area (Å²) in [7, 11) is 0. The maximum Gasteiger partial charge on any atom is 0.341 e. The molecule has 4 aromatic rings. The molecule has 0 radical (unpaired) electrons. The van der Waals surface area contributed by atoms with Crippen molar-refractivity contribution in [2.24, 2.45) is 0 Å². The van der Waals surface area contributed by atoms with Gasteiger partial charge in [-0.15, -0.1) is 0 Å². The molecule has 1 heterocycles. The van der Waals surface area contributed by atoms with E-state index in [1.165, 1.54) is 0 Å². The number of carbonyl (C=O) groups is 1. The molecule has 0 aliphatic rings. The summed E-state index contributed by atoms with van der Waals surface area (Å²) in [6, 6.07) is 20.6. The molecule has 0 aliphatic heterocycles. The topological polar surface area (TPSA) is 90.8 Å². The molecule has 32 heavy (non-hydrogen) atoms. The zero-order valence-corrected chi connectivity index (χ0v) is 17.5. The van der Waals surface area contributed by atoms with E-state index in [4.69, 9.17) is 19.3 Å². The summed E-state index contributed by atoms with van der Waals surface area (Å²) in [6.45, 7) is 1.98. The third-order valence-corrected chi connectivity index (χ3v) is 4.72. The Morgan fingerprint density at radius 1 is 0.875 bits per heavy atom. The number of carboxylic acid groups (broad SMARTS) is 1. The van der Waals surface area contributed by atoms with Gasteiger partial charge in [-0.05, 0) is 36.8 Å². The molecule has 0 amide bonds. The number of ether oxygens (including phenoxy) is 3. The first-order valence-electron chi connectivity index (χ1n) is 10.1. The number of carboxylic acids is 1. The molecule has 3 aromatic carbocycles. The van der Waals surface area contributed by atoms with Crippen LogP contribution in [0.15, 0.2) is 72.9 Å². The Morgan fingerprint density at radius 3 is 2.38 bits per heavy atom. The fourth-order valence-corrected chi connectivity index (χ4v) is 3.20. The number of para-hydroxylation sites is 3. The summed E-state index contributed by atoms with van der Waals surface area (Å²) >= 11 is 0. The van der Waals surface area contributed by atoms with Gasteiger partial charge in [-0.3, -0.25) is 4.98 Å². The third kappa shape index (κ3) is 5.31. The molecule has 0 saturated heterocycles. The van der Waals surface area contributed by atoms with E-state index < -0.39 is 12.6 Å². The largest absolute Gasteiger partial charge is 0.489 e. The van der Waals surface area contributed by atoms with Gasteiger partial charge in [-0.25, -0.2) is 9.78 Å². The molecular formula is C25H22N2O5. The highest BCUT2D eigenvalue weighted by Crippen LogP contribution is 2.26. The summed E-state index contributed by atoms with van der Waals surface area (Å²) in [5.74, 6) is 0.764. The first-order valence-corrected chi connectivity index (χ1v) is 10.1. The van der Waals surface area contributed by atoms with Gasteiger partial charge in [0.25, 0.3) is 0 Å². The highest BCUT2D eigenvalue weighted by molar-refractivity contribution is 5.73. The van der Waals surface area contributed by atoms with E-state index in [1.807, 2.05) is 67.6 Å². The molecule has 0 saturated carbocycles. The summed E-state index contributed by atoms with van der Waals surface area (Å²) in [5.41, 5.74) is 4.01. The lowest BCUT2D eigenvalue weighted by molar-refractivity contribution is -0.139. The van der Waals surface area contributed by atoms with Crippen LogP contribution < -0.4 is 14.2 Å². The quantitative estimate of drug-likeness (QED) is 0.416. The van der Waals surface area contributed by atoms with Gasteiger partial charge in [-0.2, -0.15) is 0 Å². The SMILES string of the molecule is Cc1cccc(COc2cccc(OCc3cnc4ccccc4n3)c2)c1OCC(=O)O. The summed E-state index contributed by atoms with van der Waals surface area (Å²) in [4.78, 5) is 19.8. The van der Waals surface area contributed by atoms with E-state index in [0.29, 0.717) is 17.2 Å². The fraction of sp³-hybridized carbons (Fsp3) is 0.160. The minimum atomic E-state index is -1.03. The predicted octanol–water partition coefficient (Wildman–Crippen LogP) is 4.56. The number of benzene rings is 3. The number of fused-ring (bicyclic) bond motifs is 1. The van der Waals surface area contributed by atoms with E-state index in [-0.39, 0.29) is 13.2 Å². The molecule has 0 atom stereocenters. The monoisotopic (exact) mass is 430 g/mol. The van der Waals surface area contributed by atoms with Crippen LogP contribution in [-0.4, -0.2) is 27.7 Å². The van der Waals surface area contributed by atoms with Gasteiger partial charge in [0.2, 0.25) is 0 Å². The Kier molecular flexibility index (Phi) is 6.46. The molecule has 0 unspecified atom stereocenters. The van der Waals surface area contributed by atoms with E-state index in [2.05, 4.69) is 9.97 Å². The molecule has 162 valence electrons. The fourth-order valence-electron chi connectivity index (χ4n) is 3.20. The molecule has 7 nitrogen and oxygen atoms in total. The number of nitrogens with zero attached hydrogens (tertiary/aromatic N) is 2. The minimum absolute atomic E-state index is 0.232. The number of hydrogen-bond donors (Lipinski definition) is 1. The van der Waals surface area contributed by atoms with Crippen LogP contribution in [0.5, 0.6) is 17.2 Å². The highest BCUT2D eigenvalue weighted by Gasteiger charge is 2.10. The maximum absolute atomic E-state index is 10.9. The standard InChI is InChI=1S/C25H22N2O5/c1-17-6-4-7-18(25(17)32-16-24(28)29)14-30-20-8-5-9-21(12-20)31-15-19-13-26-22-10-2-3-11-23(22)27-19/h2-13H,14-16H2,1H3,(H,28,29). The van der Waals surface area contributed by atoms with Crippen molar-refractivity contribution in [3.05, 3.63) is 89.7 Å². The van der Waals surface area contributed by atoms with Crippen molar-refractivity contribution in [2.45, 2.75) is 20.1 Å². The Morgan fingerprint density at radius 2 is 1.59 bits per heavy atom. The van der Waals surface area contributed by atoms with Crippen molar-refractivity contribution in [3.63, 3.8) is 0 Å². The van der Waals surface area contributed by atoms with Crippen LogP contribution in [0.1, 0.15) is 16.8 Å². The molecule has 1 aromatic heterocycles. The number of aryl methyl sites for hydroxylation is 1. The highest BCUT2D eigenvalue weighted by atomic mass is 16.5. The average molecular weight is 430 g/mol. The number of rotatable bonds is 9. The smallest absolute Gasteiger partial charge is 0.341 e. The Labute approximate surface area is 185 Å². The average Bonchev–Trinajstić information content (AvgIpc) is 2.81. The maximum atomic E-state index is 10.9. The molecule has 4 rings (SSSR count). The number of hydrogen-bond acceptors (Lipinski definition) is 6. The first-order chi connectivity index (χ1) is 15.6. The first kappa shape index (κ1) is 21.1. The van der Waals surface area contributed by atoms with Crippen LogP contribution in [0.4, 0.5) is 0 Å². The van der Waals surface area contributed by atoms with Crippen molar-refractivity contribution in [1.29, 1.82) is 0 Å². The lowest BCUT2D eigenvalue weighted by Gasteiger charge is -2.14. The van der Waals surface area contributed by atoms with E-state index in [9.17, 15) is 4.79 Å². The van der Waals surface area contributed by atoms with Crippen molar-refractivity contribution in [3.8, 4) is 17.2 Å². The molecule has 0 aliphatic carbocycles. The van der Waals surface area contributed by atoms with E-state index in [0.717, 1.165) is 27.9 Å². The Bertz CT molecular complexity index is 1240. The van der Waals surface area contributed by atoms with Crippen molar-refractivity contribution >= 4 is 17.0 Å². The molecule has 7 heteroatoms. The predicted molar refractivity (Wildman–Crippen MR) is 119 cm³/mol. The molecule has 0 bridgehead atoms. The van der Waals surface area contributed by atoms with Crippen molar-refractivity contribution < 1.29 is 24.1 Å². The third-order valence-electron chi connectivity index (χ3n) is 4.72. The molecule has 0 spiro atoms. The van der Waals surface area contributed by atoms with Crippen LogP contribution in [0.25, 0.3) is 11.0 Å². The molecule has 0 fully saturated rings. The Hall–Kier alpha value is -4.13. The van der Waals surface area contributed by atoms with Gasteiger partial charge in [0.1, 0.15) is 30.5 Å². The van der Waals surface area contributed by atoms with E-state index >= 15 is 0 Å². The minimum Gasteiger partial charge on any atom is -0.489 e. The van der Waals surface area contributed by atoms with Gasteiger partial charge in [0, 0.05) is 11.6 Å². The zero-order valence-electron chi connectivity index (χ0n) is 17.5. The van der Waals surface area contributed by atoms with Gasteiger partial charge < -0.3 is 19.3 Å². The molecular weight excluding hydrogens is 408 g/mol. The normalized spacial score (nSPS) is 10.7.